The molecule has 0 N–H and O–H groups in total. The summed E-state index contributed by atoms with van der Waals surface area (Å²) in [4.78, 5) is 24.4. The molecule has 0 unspecified atom stereocenters. The SMILES string of the molecule is COC(=O)CC[C@@H](C)[C@H]1CC[C@H]2[C@@H]3CC[C@@H]4C[C@H](OC(=O)C[n+]5ccccc5)CC[C@]4(C)[C@H]3CC[C@]12C. The molecule has 0 saturated heterocycles. The summed E-state index contributed by atoms with van der Waals surface area (Å²) < 4.78 is 12.8. The molecule has 0 aromatic carbocycles. The largest absolute Gasteiger partial charge is 0.469 e. The van der Waals surface area contributed by atoms with Gasteiger partial charge in [0.2, 0.25) is 6.54 Å². The van der Waals surface area contributed by atoms with Crippen LogP contribution >= 0.6 is 0 Å². The van der Waals surface area contributed by atoms with Gasteiger partial charge in [-0.25, -0.2) is 4.79 Å². The van der Waals surface area contributed by atoms with Crippen molar-refractivity contribution in [3.63, 3.8) is 0 Å². The van der Waals surface area contributed by atoms with Crippen molar-refractivity contribution in [3.8, 4) is 0 Å². The molecule has 1 heterocycles. The molecule has 0 amide bonds. The topological polar surface area (TPSA) is 56.5 Å². The van der Waals surface area contributed by atoms with Crippen LogP contribution in [-0.2, 0) is 25.6 Å². The number of carbonyl (C=O) groups is 2. The van der Waals surface area contributed by atoms with E-state index in [0.29, 0.717) is 35.6 Å². The highest BCUT2D eigenvalue weighted by atomic mass is 16.5. The molecule has 4 saturated carbocycles. The molecular formula is C32H48NO4+. The molecular weight excluding hydrogens is 462 g/mol. The lowest BCUT2D eigenvalue weighted by molar-refractivity contribution is -0.686. The van der Waals surface area contributed by atoms with Crippen LogP contribution in [0.25, 0.3) is 0 Å². The van der Waals surface area contributed by atoms with E-state index < -0.39 is 0 Å². The van der Waals surface area contributed by atoms with Gasteiger partial charge in [0.05, 0.1) is 7.11 Å². The number of fused-ring (bicyclic) bond motifs is 5. The first-order chi connectivity index (χ1) is 17.7. The van der Waals surface area contributed by atoms with Crippen molar-refractivity contribution >= 4 is 11.9 Å². The summed E-state index contributed by atoms with van der Waals surface area (Å²) in [5.74, 6) is 4.28. The van der Waals surface area contributed by atoms with Crippen molar-refractivity contribution in [2.45, 2.75) is 104 Å². The Kier molecular flexibility index (Phi) is 7.71. The Morgan fingerprint density at radius 2 is 1.65 bits per heavy atom. The fourth-order valence-electron chi connectivity index (χ4n) is 9.86. The minimum atomic E-state index is -0.106. The fourth-order valence-corrected chi connectivity index (χ4v) is 9.86. The molecule has 0 spiro atoms. The van der Waals surface area contributed by atoms with E-state index in [0.717, 1.165) is 42.9 Å². The number of aromatic nitrogens is 1. The highest BCUT2D eigenvalue weighted by Gasteiger charge is 2.60. The van der Waals surface area contributed by atoms with Gasteiger partial charge >= 0.3 is 11.9 Å². The number of nitrogens with zero attached hydrogens (tertiary/aromatic N) is 1. The van der Waals surface area contributed by atoms with Crippen LogP contribution < -0.4 is 4.57 Å². The van der Waals surface area contributed by atoms with E-state index in [1.807, 2.05) is 35.2 Å². The van der Waals surface area contributed by atoms with Gasteiger partial charge in [-0.3, -0.25) is 4.79 Å². The molecule has 1 aromatic rings. The van der Waals surface area contributed by atoms with Gasteiger partial charge < -0.3 is 9.47 Å². The number of hydrogen-bond donors (Lipinski definition) is 0. The van der Waals surface area contributed by atoms with Crippen molar-refractivity contribution in [2.75, 3.05) is 7.11 Å². The molecule has 9 atom stereocenters. The summed E-state index contributed by atoms with van der Waals surface area (Å²) in [6, 6.07) is 5.86. The Labute approximate surface area is 223 Å². The van der Waals surface area contributed by atoms with E-state index >= 15 is 0 Å². The zero-order valence-electron chi connectivity index (χ0n) is 23.5. The van der Waals surface area contributed by atoms with Gasteiger partial charge in [-0.2, -0.15) is 4.57 Å². The highest BCUT2D eigenvalue weighted by Crippen LogP contribution is 2.68. The standard InChI is InChI=1S/C32H48NO4/c1-22(8-13-29(34)36-4)26-11-12-27-25-10-9-23-20-24(37-30(35)21-33-18-6-5-7-19-33)14-16-31(23,2)28(25)15-17-32(26,27)3/h5-7,18-19,22-28H,8-17,20-21H2,1-4H3/q+1/t22-,23-,24-,25+,26-,27+,28+,31+,32-/m1/s1. The number of esters is 2. The van der Waals surface area contributed by atoms with E-state index in [-0.39, 0.29) is 18.0 Å². The molecule has 0 aliphatic heterocycles. The van der Waals surface area contributed by atoms with E-state index in [4.69, 9.17) is 9.47 Å². The molecule has 5 rings (SSSR count). The smallest absolute Gasteiger partial charge is 0.372 e. The maximum Gasteiger partial charge on any atom is 0.372 e. The number of hydrogen-bond acceptors (Lipinski definition) is 4. The Bertz CT molecular complexity index is 965. The molecule has 204 valence electrons. The second kappa shape index (κ2) is 10.7. The summed E-state index contributed by atoms with van der Waals surface area (Å²) in [6.45, 7) is 7.85. The van der Waals surface area contributed by atoms with Gasteiger partial charge in [0.15, 0.2) is 12.4 Å². The zero-order chi connectivity index (χ0) is 26.2. The van der Waals surface area contributed by atoms with Crippen molar-refractivity contribution in [1.29, 1.82) is 0 Å². The first-order valence-corrected chi connectivity index (χ1v) is 14.9. The molecule has 1 aromatic heterocycles. The first-order valence-electron chi connectivity index (χ1n) is 14.9. The predicted octanol–water partition coefficient (Wildman–Crippen LogP) is 6.13. The monoisotopic (exact) mass is 510 g/mol. The third-order valence-corrected chi connectivity index (χ3v) is 11.8. The van der Waals surface area contributed by atoms with Gasteiger partial charge in [0.1, 0.15) is 6.10 Å². The maximum absolute atomic E-state index is 12.6. The third-order valence-electron chi connectivity index (χ3n) is 11.8. The Hall–Kier alpha value is -1.91. The number of rotatable bonds is 7. The van der Waals surface area contributed by atoms with E-state index in [9.17, 15) is 9.59 Å². The summed E-state index contributed by atoms with van der Waals surface area (Å²) in [7, 11) is 1.50. The minimum absolute atomic E-state index is 0.0680. The summed E-state index contributed by atoms with van der Waals surface area (Å²) in [6.07, 6.45) is 16.7. The molecule has 37 heavy (non-hydrogen) atoms. The predicted molar refractivity (Wildman–Crippen MR) is 142 cm³/mol. The normalized spacial score (nSPS) is 39.6. The average Bonchev–Trinajstić information content (AvgIpc) is 3.25. The molecule has 4 fully saturated rings. The second-order valence-corrected chi connectivity index (χ2v) is 13.4. The number of pyridine rings is 1. The Morgan fingerprint density at radius 3 is 2.41 bits per heavy atom. The van der Waals surface area contributed by atoms with E-state index in [1.165, 1.54) is 52.1 Å². The van der Waals surface area contributed by atoms with Gasteiger partial charge in [0.25, 0.3) is 0 Å². The van der Waals surface area contributed by atoms with Crippen LogP contribution in [0.15, 0.2) is 30.6 Å². The van der Waals surface area contributed by atoms with Crippen LogP contribution in [0.3, 0.4) is 0 Å². The summed E-state index contributed by atoms with van der Waals surface area (Å²) >= 11 is 0. The fraction of sp³-hybridized carbons (Fsp3) is 0.781. The number of carbonyl (C=O) groups excluding carboxylic acids is 2. The molecule has 5 nitrogen and oxygen atoms in total. The van der Waals surface area contributed by atoms with E-state index in [2.05, 4.69) is 20.8 Å². The Morgan fingerprint density at radius 1 is 0.919 bits per heavy atom. The van der Waals surface area contributed by atoms with E-state index in [1.54, 1.807) is 0 Å². The Balaban J connectivity index is 1.20. The quantitative estimate of drug-likeness (QED) is 0.327. The minimum Gasteiger partial charge on any atom is -0.469 e. The van der Waals surface area contributed by atoms with Crippen LogP contribution in [0.1, 0.15) is 91.4 Å². The van der Waals surface area contributed by atoms with Crippen molar-refractivity contribution in [3.05, 3.63) is 30.6 Å². The highest BCUT2D eigenvalue weighted by molar-refractivity contribution is 5.69. The van der Waals surface area contributed by atoms with Crippen molar-refractivity contribution in [2.24, 2.45) is 46.3 Å². The molecule has 4 aliphatic rings. The number of methoxy groups -OCH3 is 1. The van der Waals surface area contributed by atoms with Crippen LogP contribution in [0.2, 0.25) is 0 Å². The molecule has 0 bridgehead atoms. The van der Waals surface area contributed by atoms with Crippen molar-refractivity contribution < 1.29 is 23.6 Å². The summed E-state index contributed by atoms with van der Waals surface area (Å²) in [5.41, 5.74) is 0.803. The van der Waals surface area contributed by atoms with Crippen LogP contribution in [0.4, 0.5) is 0 Å². The number of ether oxygens (including phenoxy) is 2. The second-order valence-electron chi connectivity index (χ2n) is 13.4. The van der Waals surface area contributed by atoms with Gasteiger partial charge in [-0.05, 0) is 111 Å². The van der Waals surface area contributed by atoms with Gasteiger partial charge in [0, 0.05) is 18.6 Å². The van der Waals surface area contributed by atoms with Gasteiger partial charge in [-0.15, -0.1) is 0 Å². The lowest BCUT2D eigenvalue weighted by Crippen LogP contribution is -2.54. The van der Waals surface area contributed by atoms with Gasteiger partial charge in [-0.1, -0.05) is 26.8 Å². The summed E-state index contributed by atoms with van der Waals surface area (Å²) in [5, 5.41) is 0. The average molecular weight is 511 g/mol. The lowest BCUT2D eigenvalue weighted by atomic mass is 9.44. The third kappa shape index (κ3) is 5.08. The van der Waals surface area contributed by atoms with Crippen LogP contribution in [0.5, 0.6) is 0 Å². The molecule has 0 radical (unpaired) electrons. The zero-order valence-corrected chi connectivity index (χ0v) is 23.5. The first kappa shape index (κ1) is 26.7. The molecule has 4 aliphatic carbocycles. The van der Waals surface area contributed by atoms with Crippen LogP contribution in [-0.4, -0.2) is 25.2 Å². The van der Waals surface area contributed by atoms with Crippen molar-refractivity contribution in [1.82, 2.24) is 0 Å². The van der Waals surface area contributed by atoms with Crippen LogP contribution in [0, 0.1) is 46.3 Å². The maximum atomic E-state index is 12.6. The molecule has 5 heteroatoms. The lowest BCUT2D eigenvalue weighted by Gasteiger charge is -2.61.